The highest BCUT2D eigenvalue weighted by molar-refractivity contribution is 5.93. The smallest absolute Gasteiger partial charge is 0.270 e. The van der Waals surface area contributed by atoms with Gasteiger partial charge >= 0.3 is 0 Å². The number of anilines is 1. The highest BCUT2D eigenvalue weighted by Gasteiger charge is 2.33. The van der Waals surface area contributed by atoms with Crippen LogP contribution >= 0.6 is 0 Å². The minimum Gasteiger partial charge on any atom is -0.388 e. The fraction of sp³-hybridized carbons (Fsp3) is 0.500. The maximum Gasteiger partial charge on any atom is 0.270 e. The van der Waals surface area contributed by atoms with Gasteiger partial charge in [-0.15, -0.1) is 0 Å². The largest absolute Gasteiger partial charge is 0.388 e. The Morgan fingerprint density at radius 2 is 2.25 bits per heavy atom. The van der Waals surface area contributed by atoms with Gasteiger partial charge in [0.1, 0.15) is 5.69 Å². The summed E-state index contributed by atoms with van der Waals surface area (Å²) in [4.78, 5) is 16.0. The van der Waals surface area contributed by atoms with Gasteiger partial charge in [0.05, 0.1) is 0 Å². The van der Waals surface area contributed by atoms with Gasteiger partial charge < -0.3 is 10.6 Å². The number of nitrogens with zero attached hydrogens (tertiary/aromatic N) is 1. The SMILES string of the molecule is CNc1ccnc(C(=O)NC2(C)CCC2)c1. The number of aromatic nitrogens is 1. The number of carbonyl (C=O) groups is 1. The van der Waals surface area contributed by atoms with Crippen molar-refractivity contribution in [2.75, 3.05) is 12.4 Å². The summed E-state index contributed by atoms with van der Waals surface area (Å²) in [5.41, 5.74) is 1.35. The summed E-state index contributed by atoms with van der Waals surface area (Å²) in [6.07, 6.45) is 4.96. The predicted octanol–water partition coefficient (Wildman–Crippen LogP) is 1.80. The second kappa shape index (κ2) is 4.12. The zero-order valence-corrected chi connectivity index (χ0v) is 9.71. The van der Waals surface area contributed by atoms with E-state index in [2.05, 4.69) is 22.5 Å². The Hall–Kier alpha value is -1.58. The summed E-state index contributed by atoms with van der Waals surface area (Å²) in [7, 11) is 1.82. The third kappa shape index (κ3) is 2.15. The Labute approximate surface area is 95.5 Å². The van der Waals surface area contributed by atoms with Crippen molar-refractivity contribution in [1.29, 1.82) is 0 Å². The van der Waals surface area contributed by atoms with E-state index < -0.39 is 0 Å². The first-order valence-corrected chi connectivity index (χ1v) is 5.59. The van der Waals surface area contributed by atoms with Crippen LogP contribution in [0.15, 0.2) is 18.3 Å². The van der Waals surface area contributed by atoms with E-state index in [0.29, 0.717) is 5.69 Å². The van der Waals surface area contributed by atoms with Gasteiger partial charge in [0.15, 0.2) is 0 Å². The summed E-state index contributed by atoms with van der Waals surface area (Å²) in [5.74, 6) is -0.0840. The molecule has 1 heterocycles. The van der Waals surface area contributed by atoms with E-state index in [4.69, 9.17) is 0 Å². The predicted molar refractivity (Wildman–Crippen MR) is 63.5 cm³/mol. The molecule has 2 N–H and O–H groups in total. The van der Waals surface area contributed by atoms with Crippen LogP contribution in [0.4, 0.5) is 5.69 Å². The molecule has 1 fully saturated rings. The summed E-state index contributed by atoms with van der Waals surface area (Å²) >= 11 is 0. The van der Waals surface area contributed by atoms with Crippen molar-refractivity contribution < 1.29 is 4.79 Å². The minimum absolute atomic E-state index is 0.0194. The van der Waals surface area contributed by atoms with E-state index in [-0.39, 0.29) is 11.4 Å². The normalized spacial score (nSPS) is 17.4. The van der Waals surface area contributed by atoms with Crippen LogP contribution in [0.3, 0.4) is 0 Å². The molecule has 0 spiro atoms. The van der Waals surface area contributed by atoms with Crippen LogP contribution in [0.2, 0.25) is 0 Å². The maximum absolute atomic E-state index is 11.9. The van der Waals surface area contributed by atoms with Crippen LogP contribution in [0.5, 0.6) is 0 Å². The zero-order valence-electron chi connectivity index (χ0n) is 9.71. The molecular formula is C12H17N3O. The summed E-state index contributed by atoms with van der Waals surface area (Å²) in [5, 5.41) is 6.02. The maximum atomic E-state index is 11.9. The van der Waals surface area contributed by atoms with Crippen LogP contribution in [-0.4, -0.2) is 23.5 Å². The first kappa shape index (κ1) is 10.9. The molecular weight excluding hydrogens is 202 g/mol. The lowest BCUT2D eigenvalue weighted by molar-refractivity contribution is 0.0845. The molecule has 2 rings (SSSR count). The van der Waals surface area contributed by atoms with Gasteiger partial charge in [-0.3, -0.25) is 9.78 Å². The molecule has 1 aromatic rings. The number of amides is 1. The van der Waals surface area contributed by atoms with Crippen molar-refractivity contribution in [3.8, 4) is 0 Å². The molecule has 1 saturated carbocycles. The first-order valence-electron chi connectivity index (χ1n) is 5.59. The van der Waals surface area contributed by atoms with Crippen LogP contribution in [0.1, 0.15) is 36.7 Å². The second-order valence-corrected chi connectivity index (χ2v) is 4.55. The number of hydrogen-bond acceptors (Lipinski definition) is 3. The molecule has 16 heavy (non-hydrogen) atoms. The molecule has 1 aromatic heterocycles. The molecule has 0 radical (unpaired) electrons. The lowest BCUT2D eigenvalue weighted by Gasteiger charge is -2.39. The number of hydrogen-bond donors (Lipinski definition) is 2. The Morgan fingerprint density at radius 1 is 1.50 bits per heavy atom. The zero-order chi connectivity index (χ0) is 11.6. The van der Waals surface area contributed by atoms with E-state index in [0.717, 1.165) is 18.5 Å². The van der Waals surface area contributed by atoms with Crippen molar-refractivity contribution in [3.63, 3.8) is 0 Å². The van der Waals surface area contributed by atoms with E-state index in [1.54, 1.807) is 12.3 Å². The van der Waals surface area contributed by atoms with E-state index in [1.807, 2.05) is 13.1 Å². The molecule has 1 amide bonds. The summed E-state index contributed by atoms with van der Waals surface area (Å²) in [6, 6.07) is 3.60. The highest BCUT2D eigenvalue weighted by atomic mass is 16.2. The third-order valence-electron chi connectivity index (χ3n) is 3.15. The highest BCUT2D eigenvalue weighted by Crippen LogP contribution is 2.31. The van der Waals surface area contributed by atoms with Gasteiger partial charge in [-0.1, -0.05) is 0 Å². The molecule has 0 aromatic carbocycles. The molecule has 4 nitrogen and oxygen atoms in total. The standard InChI is InChI=1S/C12H17N3O/c1-12(5-3-6-12)15-11(16)10-8-9(13-2)4-7-14-10/h4,7-8H,3,5-6H2,1-2H3,(H,13,14)(H,15,16). The number of pyridine rings is 1. The van der Waals surface area contributed by atoms with Gasteiger partial charge in [0, 0.05) is 24.5 Å². The molecule has 0 saturated heterocycles. The average molecular weight is 219 g/mol. The quantitative estimate of drug-likeness (QED) is 0.815. The Kier molecular flexibility index (Phi) is 2.81. The van der Waals surface area contributed by atoms with Gasteiger partial charge in [0.2, 0.25) is 0 Å². The fourth-order valence-corrected chi connectivity index (χ4v) is 1.88. The van der Waals surface area contributed by atoms with Gasteiger partial charge in [-0.05, 0) is 38.3 Å². The van der Waals surface area contributed by atoms with Crippen LogP contribution in [-0.2, 0) is 0 Å². The second-order valence-electron chi connectivity index (χ2n) is 4.55. The topological polar surface area (TPSA) is 54.0 Å². The molecule has 0 atom stereocenters. The van der Waals surface area contributed by atoms with Crippen molar-refractivity contribution in [3.05, 3.63) is 24.0 Å². The fourth-order valence-electron chi connectivity index (χ4n) is 1.88. The molecule has 0 bridgehead atoms. The Balaban J connectivity index is 2.08. The Morgan fingerprint density at radius 3 is 2.81 bits per heavy atom. The number of rotatable bonds is 3. The molecule has 0 unspecified atom stereocenters. The van der Waals surface area contributed by atoms with Gasteiger partial charge in [-0.2, -0.15) is 0 Å². The monoisotopic (exact) mass is 219 g/mol. The van der Waals surface area contributed by atoms with E-state index in [9.17, 15) is 4.79 Å². The van der Waals surface area contributed by atoms with Crippen molar-refractivity contribution in [1.82, 2.24) is 10.3 Å². The molecule has 0 aliphatic heterocycles. The van der Waals surface area contributed by atoms with E-state index in [1.165, 1.54) is 6.42 Å². The first-order chi connectivity index (χ1) is 7.63. The number of nitrogens with one attached hydrogen (secondary N) is 2. The lowest BCUT2D eigenvalue weighted by Crippen LogP contribution is -2.51. The van der Waals surface area contributed by atoms with Crippen molar-refractivity contribution in [2.45, 2.75) is 31.7 Å². The van der Waals surface area contributed by atoms with Crippen molar-refractivity contribution in [2.24, 2.45) is 0 Å². The molecule has 4 heteroatoms. The van der Waals surface area contributed by atoms with Gasteiger partial charge in [0.25, 0.3) is 5.91 Å². The summed E-state index contributed by atoms with van der Waals surface area (Å²) < 4.78 is 0. The molecule has 1 aliphatic rings. The Bertz CT molecular complexity index is 399. The van der Waals surface area contributed by atoms with Crippen LogP contribution in [0.25, 0.3) is 0 Å². The van der Waals surface area contributed by atoms with Gasteiger partial charge in [-0.25, -0.2) is 0 Å². The third-order valence-corrected chi connectivity index (χ3v) is 3.15. The van der Waals surface area contributed by atoms with Crippen LogP contribution < -0.4 is 10.6 Å². The van der Waals surface area contributed by atoms with Crippen molar-refractivity contribution >= 4 is 11.6 Å². The number of carbonyl (C=O) groups excluding carboxylic acids is 1. The molecule has 86 valence electrons. The minimum atomic E-state index is -0.0840. The lowest BCUT2D eigenvalue weighted by atomic mass is 9.78. The average Bonchev–Trinajstić information content (AvgIpc) is 2.27. The molecule has 1 aliphatic carbocycles. The summed E-state index contributed by atoms with van der Waals surface area (Å²) in [6.45, 7) is 2.08. The van der Waals surface area contributed by atoms with E-state index >= 15 is 0 Å². The van der Waals surface area contributed by atoms with Crippen LogP contribution in [0, 0.1) is 0 Å².